The van der Waals surface area contributed by atoms with Crippen LogP contribution in [0.1, 0.15) is 6.92 Å². The van der Waals surface area contributed by atoms with Crippen LogP contribution in [0.15, 0.2) is 113 Å². The molecular formula is C34H26N6O17S4. The maximum absolute atomic E-state index is 12.4. The summed E-state index contributed by atoms with van der Waals surface area (Å²) >= 11 is 0. The van der Waals surface area contributed by atoms with Crippen molar-refractivity contribution < 1.29 is 77.1 Å². The van der Waals surface area contributed by atoms with Gasteiger partial charge in [-0.2, -0.15) is 33.7 Å². The van der Waals surface area contributed by atoms with Crippen molar-refractivity contribution in [2.75, 3.05) is 11.1 Å². The number of nitrogens with two attached hydrogens (primary N) is 1. The quantitative estimate of drug-likeness (QED) is 0.0438. The second-order valence-electron chi connectivity index (χ2n) is 12.7. The highest BCUT2D eigenvalue weighted by atomic mass is 32.2. The standard InChI is InChI=1S/C34H26N6O17S4/c1-14(41)36-24-13-20(59(49,50)51)7-18-11-28(61(55,56)57)32(34(45)30(18)24)40-38-23-5-3-16(9-26(23)43)15-2-4-22(25(42)8-15)37-39-31-27(60(52,53)54)10-17-6-19(58(46,47)48)12-21(35)29(17)33(31)44/h2-13,42-45H,35H2,1H3,(H,36,41)(H,46,47,48)(H,49,50,51)(H,52,53,54)(H,55,56,57). The summed E-state index contributed by atoms with van der Waals surface area (Å²) in [5.74, 6) is -3.96. The van der Waals surface area contributed by atoms with E-state index in [0.717, 1.165) is 55.5 Å². The molecule has 0 spiro atoms. The van der Waals surface area contributed by atoms with Crippen LogP contribution in [0.5, 0.6) is 23.0 Å². The van der Waals surface area contributed by atoms with Crippen molar-refractivity contribution in [3.63, 3.8) is 0 Å². The normalized spacial score (nSPS) is 12.8. The molecule has 318 valence electrons. The Labute approximate surface area is 342 Å². The number of anilines is 2. The second-order valence-corrected chi connectivity index (χ2v) is 18.3. The van der Waals surface area contributed by atoms with E-state index in [1.165, 1.54) is 18.2 Å². The van der Waals surface area contributed by atoms with E-state index in [2.05, 4.69) is 25.8 Å². The Kier molecular flexibility index (Phi) is 11.0. The molecule has 11 N–H and O–H groups in total. The number of nitrogen functional groups attached to an aromatic ring is 1. The molecule has 1 amide bonds. The van der Waals surface area contributed by atoms with E-state index in [0.29, 0.717) is 6.07 Å². The number of azo groups is 2. The first-order valence-electron chi connectivity index (χ1n) is 16.3. The number of hydrogen-bond donors (Lipinski definition) is 10. The Morgan fingerprint density at radius 3 is 1.34 bits per heavy atom. The lowest BCUT2D eigenvalue weighted by atomic mass is 10.0. The zero-order chi connectivity index (χ0) is 45.1. The third-order valence-corrected chi connectivity index (χ3v) is 11.9. The van der Waals surface area contributed by atoms with Crippen LogP contribution >= 0.6 is 0 Å². The van der Waals surface area contributed by atoms with Crippen molar-refractivity contribution in [1.82, 2.24) is 0 Å². The van der Waals surface area contributed by atoms with E-state index in [1.807, 2.05) is 0 Å². The molecule has 6 aromatic rings. The largest absolute Gasteiger partial charge is 0.506 e. The number of nitrogens with zero attached hydrogens (tertiary/aromatic N) is 4. The van der Waals surface area contributed by atoms with E-state index in [-0.39, 0.29) is 44.0 Å². The zero-order valence-electron chi connectivity index (χ0n) is 30.2. The number of carbonyl (C=O) groups is 1. The predicted octanol–water partition coefficient (Wildman–Crippen LogP) is 5.84. The third kappa shape index (κ3) is 8.88. The number of phenolic OH excluding ortho intramolecular Hbond substituents is 4. The first kappa shape index (κ1) is 43.7. The molecule has 23 nitrogen and oxygen atoms in total. The minimum Gasteiger partial charge on any atom is -0.506 e. The minimum absolute atomic E-state index is 0.206. The van der Waals surface area contributed by atoms with E-state index in [4.69, 9.17) is 5.73 Å². The number of hydrogen-bond acceptors (Lipinski definition) is 18. The number of phenols is 4. The maximum Gasteiger partial charge on any atom is 0.296 e. The summed E-state index contributed by atoms with van der Waals surface area (Å²) < 4.78 is 135. The molecule has 0 aromatic heterocycles. The SMILES string of the molecule is CC(=O)Nc1cc(S(=O)(=O)O)cc2cc(S(=O)(=O)O)c(N=Nc3ccc(-c4ccc(N=Nc5c(S(=O)(=O)O)cc6cc(S(=O)(=O)O)cc(N)c6c5O)c(O)c4)cc3O)c(O)c12. The molecule has 0 heterocycles. The number of benzene rings is 6. The van der Waals surface area contributed by atoms with Gasteiger partial charge in [0.2, 0.25) is 5.91 Å². The zero-order valence-corrected chi connectivity index (χ0v) is 33.4. The van der Waals surface area contributed by atoms with Gasteiger partial charge in [0.25, 0.3) is 40.5 Å². The van der Waals surface area contributed by atoms with Gasteiger partial charge in [-0.15, -0.1) is 20.5 Å². The molecule has 0 aliphatic heterocycles. The summed E-state index contributed by atoms with van der Waals surface area (Å²) in [6.07, 6.45) is 0. The van der Waals surface area contributed by atoms with E-state index in [9.17, 15) is 77.1 Å². The summed E-state index contributed by atoms with van der Waals surface area (Å²) in [5, 5.41) is 59.4. The van der Waals surface area contributed by atoms with Crippen LogP contribution in [0.25, 0.3) is 32.7 Å². The van der Waals surface area contributed by atoms with Gasteiger partial charge in [-0.3, -0.25) is 23.0 Å². The van der Waals surface area contributed by atoms with Gasteiger partial charge in [0.05, 0.1) is 15.5 Å². The Morgan fingerprint density at radius 1 is 0.541 bits per heavy atom. The van der Waals surface area contributed by atoms with Crippen molar-refractivity contribution in [2.24, 2.45) is 20.5 Å². The molecule has 0 radical (unpaired) electrons. The van der Waals surface area contributed by atoms with Crippen LogP contribution < -0.4 is 11.1 Å². The lowest BCUT2D eigenvalue weighted by Crippen LogP contribution is -2.08. The summed E-state index contributed by atoms with van der Waals surface area (Å²) in [6.45, 7) is 1.03. The van der Waals surface area contributed by atoms with Crippen LogP contribution in [-0.2, 0) is 45.3 Å². The van der Waals surface area contributed by atoms with Crippen LogP contribution in [0.2, 0.25) is 0 Å². The Morgan fingerprint density at radius 2 is 0.951 bits per heavy atom. The minimum atomic E-state index is -5.24. The van der Waals surface area contributed by atoms with E-state index < -0.39 is 112 Å². The first-order valence-corrected chi connectivity index (χ1v) is 22.0. The van der Waals surface area contributed by atoms with Crippen LogP contribution in [0.3, 0.4) is 0 Å². The monoisotopic (exact) mass is 918 g/mol. The molecule has 0 unspecified atom stereocenters. The fraction of sp³-hybridized carbons (Fsp3) is 0.0294. The van der Waals surface area contributed by atoms with Gasteiger partial charge in [0, 0.05) is 23.4 Å². The van der Waals surface area contributed by atoms with Gasteiger partial charge >= 0.3 is 0 Å². The Hall–Kier alpha value is -6.85. The molecule has 0 saturated heterocycles. The van der Waals surface area contributed by atoms with Crippen LogP contribution in [0, 0.1) is 0 Å². The lowest BCUT2D eigenvalue weighted by Gasteiger charge is -2.14. The van der Waals surface area contributed by atoms with Gasteiger partial charge < -0.3 is 31.5 Å². The average molecular weight is 919 g/mol. The molecule has 0 aliphatic carbocycles. The fourth-order valence-electron chi connectivity index (χ4n) is 5.91. The lowest BCUT2D eigenvalue weighted by molar-refractivity contribution is -0.114. The Balaban J connectivity index is 1.36. The number of rotatable bonds is 10. The van der Waals surface area contributed by atoms with Crippen molar-refractivity contribution in [3.05, 3.63) is 72.8 Å². The molecule has 6 rings (SSSR count). The highest BCUT2D eigenvalue weighted by molar-refractivity contribution is 7.86. The number of aromatic hydroxyl groups is 4. The fourth-order valence-corrected chi connectivity index (χ4v) is 8.32. The van der Waals surface area contributed by atoms with Gasteiger partial charge in [0.1, 0.15) is 44.0 Å². The Bertz CT molecular complexity index is 3430. The van der Waals surface area contributed by atoms with E-state index >= 15 is 0 Å². The summed E-state index contributed by atoms with van der Waals surface area (Å²) in [5.41, 5.74) is 3.00. The molecule has 0 fully saturated rings. The molecular weight excluding hydrogens is 893 g/mol. The molecule has 6 aromatic carbocycles. The number of nitrogens with one attached hydrogen (secondary N) is 1. The van der Waals surface area contributed by atoms with Crippen molar-refractivity contribution in [2.45, 2.75) is 26.5 Å². The topological polar surface area (TPSA) is 403 Å². The smallest absolute Gasteiger partial charge is 0.296 e. The number of carbonyl (C=O) groups excluding carboxylic acids is 1. The molecule has 61 heavy (non-hydrogen) atoms. The molecule has 0 saturated carbocycles. The van der Waals surface area contributed by atoms with Crippen molar-refractivity contribution >= 4 is 102 Å². The first-order chi connectivity index (χ1) is 28.1. The van der Waals surface area contributed by atoms with Gasteiger partial charge in [-0.05, 0) is 82.6 Å². The highest BCUT2D eigenvalue weighted by Crippen LogP contribution is 2.47. The van der Waals surface area contributed by atoms with Gasteiger partial charge in [-0.25, -0.2) is 0 Å². The van der Waals surface area contributed by atoms with E-state index in [1.54, 1.807) is 0 Å². The van der Waals surface area contributed by atoms with Crippen molar-refractivity contribution in [1.29, 1.82) is 0 Å². The molecule has 0 aliphatic rings. The third-order valence-electron chi connectivity index (χ3n) is 8.54. The predicted molar refractivity (Wildman–Crippen MR) is 213 cm³/mol. The molecule has 0 atom stereocenters. The van der Waals surface area contributed by atoms with Gasteiger partial charge in [-0.1, -0.05) is 12.1 Å². The second kappa shape index (κ2) is 15.3. The average Bonchev–Trinajstić information content (AvgIpc) is 3.12. The maximum atomic E-state index is 12.4. The molecule has 27 heteroatoms. The van der Waals surface area contributed by atoms with Crippen LogP contribution in [-0.4, -0.2) is 78.2 Å². The molecule has 0 bridgehead atoms. The van der Waals surface area contributed by atoms with Gasteiger partial charge in [0.15, 0.2) is 11.5 Å². The van der Waals surface area contributed by atoms with Crippen molar-refractivity contribution in [3.8, 4) is 34.1 Å². The summed E-state index contributed by atoms with van der Waals surface area (Å²) in [6, 6.07) is 11.7. The highest BCUT2D eigenvalue weighted by Gasteiger charge is 2.27. The van der Waals surface area contributed by atoms with Crippen LogP contribution in [0.4, 0.5) is 34.1 Å². The number of amides is 1. The summed E-state index contributed by atoms with van der Waals surface area (Å²) in [4.78, 5) is 8.18. The summed E-state index contributed by atoms with van der Waals surface area (Å²) in [7, 11) is -20.2. The number of fused-ring (bicyclic) bond motifs is 2.